The van der Waals surface area contributed by atoms with Gasteiger partial charge in [-0.05, 0) is 70.2 Å². The van der Waals surface area contributed by atoms with Gasteiger partial charge in [0.15, 0.2) is 9.84 Å². The van der Waals surface area contributed by atoms with Crippen molar-refractivity contribution < 1.29 is 8.42 Å². The van der Waals surface area contributed by atoms with Gasteiger partial charge in [0.25, 0.3) is 0 Å². The third-order valence-electron chi connectivity index (χ3n) is 5.58. The molecule has 1 aliphatic heterocycles. The predicted octanol–water partition coefficient (Wildman–Crippen LogP) is 2.86. The molecule has 1 aliphatic carbocycles. The molecule has 5 heteroatoms. The Bertz CT molecular complexity index is 765. The van der Waals surface area contributed by atoms with Crippen molar-refractivity contribution in [3.63, 3.8) is 0 Å². The number of nitrogens with zero attached hydrogens (tertiary/aromatic N) is 1. The maximum Gasteiger partial charge on any atom is 0.166 e. The molecule has 120 valence electrons. The Labute approximate surface area is 132 Å². The maximum atomic E-state index is 13.2. The van der Waals surface area contributed by atoms with Crippen LogP contribution in [0.3, 0.4) is 0 Å². The first-order chi connectivity index (χ1) is 10.1. The van der Waals surface area contributed by atoms with Crippen LogP contribution >= 0.6 is 0 Å². The number of aryl methyl sites for hydroxylation is 1. The molecule has 0 saturated heterocycles. The quantitative estimate of drug-likeness (QED) is 0.747. The van der Waals surface area contributed by atoms with Crippen molar-refractivity contribution in [1.82, 2.24) is 0 Å². The zero-order valence-electron chi connectivity index (χ0n) is 13.7. The van der Waals surface area contributed by atoms with Gasteiger partial charge in [0.2, 0.25) is 0 Å². The Kier molecular flexibility index (Phi) is 3.23. The number of hydrogen-bond acceptors (Lipinski definition) is 4. The molecule has 2 N–H and O–H groups in total. The molecule has 22 heavy (non-hydrogen) atoms. The SMILES string of the molecule is CC1=N[C@]2(C)c3cc(N)ccc3CCC[C@H]2S(=O)(=O)C1(C)C. The highest BCUT2D eigenvalue weighted by atomic mass is 32.2. The van der Waals surface area contributed by atoms with Gasteiger partial charge in [-0.3, -0.25) is 4.99 Å². The van der Waals surface area contributed by atoms with E-state index in [0.717, 1.165) is 18.4 Å². The van der Waals surface area contributed by atoms with E-state index in [1.54, 1.807) is 13.8 Å². The molecule has 0 fully saturated rings. The lowest BCUT2D eigenvalue weighted by atomic mass is 9.85. The summed E-state index contributed by atoms with van der Waals surface area (Å²) < 4.78 is 25.5. The molecule has 0 spiro atoms. The first kappa shape index (κ1) is 15.5. The van der Waals surface area contributed by atoms with Crippen molar-refractivity contribution >= 4 is 21.2 Å². The normalized spacial score (nSPS) is 32.4. The zero-order valence-corrected chi connectivity index (χ0v) is 14.5. The van der Waals surface area contributed by atoms with Crippen LogP contribution in [0.15, 0.2) is 23.2 Å². The Morgan fingerprint density at radius 3 is 2.64 bits per heavy atom. The summed E-state index contributed by atoms with van der Waals surface area (Å²) in [5.74, 6) is 0. The predicted molar refractivity (Wildman–Crippen MR) is 91.0 cm³/mol. The molecule has 0 aromatic heterocycles. The van der Waals surface area contributed by atoms with Gasteiger partial charge in [-0.25, -0.2) is 8.42 Å². The molecule has 3 rings (SSSR count). The molecule has 1 aromatic rings. The van der Waals surface area contributed by atoms with Crippen molar-refractivity contribution in [2.24, 2.45) is 4.99 Å². The molecule has 0 unspecified atom stereocenters. The van der Waals surface area contributed by atoms with Crippen LogP contribution in [-0.2, 0) is 21.8 Å². The molecular formula is C17H24N2O2S. The van der Waals surface area contributed by atoms with E-state index >= 15 is 0 Å². The molecule has 2 atom stereocenters. The fraction of sp³-hybridized carbons (Fsp3) is 0.588. The highest BCUT2D eigenvalue weighted by Gasteiger charge is 2.56. The molecule has 1 heterocycles. The number of sulfone groups is 1. The minimum Gasteiger partial charge on any atom is -0.399 e. The smallest absolute Gasteiger partial charge is 0.166 e. The van der Waals surface area contributed by atoms with Gasteiger partial charge < -0.3 is 5.73 Å². The Morgan fingerprint density at radius 2 is 1.95 bits per heavy atom. The average molecular weight is 320 g/mol. The number of benzene rings is 1. The second-order valence-electron chi connectivity index (χ2n) is 7.20. The van der Waals surface area contributed by atoms with Gasteiger partial charge in [-0.1, -0.05) is 6.07 Å². The lowest BCUT2D eigenvalue weighted by Gasteiger charge is -2.44. The summed E-state index contributed by atoms with van der Waals surface area (Å²) >= 11 is 0. The molecule has 0 bridgehead atoms. The zero-order chi connectivity index (χ0) is 16.3. The topological polar surface area (TPSA) is 72.5 Å². The van der Waals surface area contributed by atoms with Gasteiger partial charge in [0.1, 0.15) is 4.75 Å². The molecule has 0 saturated carbocycles. The number of fused-ring (bicyclic) bond motifs is 3. The van der Waals surface area contributed by atoms with Crippen LogP contribution in [0.1, 0.15) is 51.7 Å². The van der Waals surface area contributed by atoms with Crippen molar-refractivity contribution in [3.8, 4) is 0 Å². The van der Waals surface area contributed by atoms with Gasteiger partial charge in [-0.15, -0.1) is 0 Å². The molecule has 0 radical (unpaired) electrons. The van der Waals surface area contributed by atoms with E-state index in [-0.39, 0.29) is 0 Å². The van der Waals surface area contributed by atoms with Crippen molar-refractivity contribution in [1.29, 1.82) is 0 Å². The van der Waals surface area contributed by atoms with E-state index in [9.17, 15) is 8.42 Å². The van der Waals surface area contributed by atoms with Gasteiger partial charge in [0.05, 0.1) is 10.8 Å². The summed E-state index contributed by atoms with van der Waals surface area (Å²) in [5, 5.41) is -0.484. The first-order valence-electron chi connectivity index (χ1n) is 7.80. The van der Waals surface area contributed by atoms with Crippen LogP contribution in [0.4, 0.5) is 5.69 Å². The molecule has 4 nitrogen and oxygen atoms in total. The second kappa shape index (κ2) is 4.57. The highest BCUT2D eigenvalue weighted by Crippen LogP contribution is 2.47. The summed E-state index contributed by atoms with van der Waals surface area (Å²) in [6.45, 7) is 7.32. The van der Waals surface area contributed by atoms with Crippen molar-refractivity contribution in [3.05, 3.63) is 29.3 Å². The molecular weight excluding hydrogens is 296 g/mol. The number of rotatable bonds is 0. The number of nitrogens with two attached hydrogens (primary N) is 1. The van der Waals surface area contributed by atoms with Crippen molar-refractivity contribution in [2.75, 3.05) is 5.73 Å². The number of aliphatic imine (C=N–C) groups is 1. The summed E-state index contributed by atoms with van der Waals surface area (Å²) in [4.78, 5) is 4.91. The Hall–Kier alpha value is -1.36. The standard InChI is InChI=1S/C17H24N2O2S/c1-11-16(2,3)22(20,21)15-7-5-6-12-8-9-13(18)10-14(12)17(15,4)19-11/h8-10,15H,5-7,18H2,1-4H3/t15-,17-/m1/s1. The molecule has 1 aromatic carbocycles. The largest absolute Gasteiger partial charge is 0.399 e. The number of nitrogen functional groups attached to an aromatic ring is 1. The van der Waals surface area contributed by atoms with E-state index in [1.807, 2.05) is 32.0 Å². The monoisotopic (exact) mass is 320 g/mol. The minimum absolute atomic E-state index is 0.484. The van der Waals surface area contributed by atoms with Gasteiger partial charge in [-0.2, -0.15) is 0 Å². The van der Waals surface area contributed by atoms with E-state index in [0.29, 0.717) is 17.8 Å². The van der Waals surface area contributed by atoms with Crippen LogP contribution < -0.4 is 5.73 Å². The fourth-order valence-electron chi connectivity index (χ4n) is 3.85. The molecule has 2 aliphatic rings. The van der Waals surface area contributed by atoms with Crippen LogP contribution in [0.5, 0.6) is 0 Å². The van der Waals surface area contributed by atoms with E-state index in [2.05, 4.69) is 0 Å². The molecule has 0 amide bonds. The number of hydrogen-bond donors (Lipinski definition) is 1. The summed E-state index contributed by atoms with van der Waals surface area (Å²) in [6, 6.07) is 5.83. The third-order valence-corrected chi connectivity index (χ3v) is 8.74. The average Bonchev–Trinajstić information content (AvgIpc) is 2.55. The number of anilines is 1. The van der Waals surface area contributed by atoms with Crippen LogP contribution in [0.25, 0.3) is 0 Å². The van der Waals surface area contributed by atoms with Gasteiger partial charge >= 0.3 is 0 Å². The van der Waals surface area contributed by atoms with Crippen molar-refractivity contribution in [2.45, 2.75) is 62.5 Å². The maximum absolute atomic E-state index is 13.2. The Morgan fingerprint density at radius 1 is 1.27 bits per heavy atom. The minimum atomic E-state index is -3.32. The highest BCUT2D eigenvalue weighted by molar-refractivity contribution is 7.94. The lowest BCUT2D eigenvalue weighted by molar-refractivity contribution is 0.414. The summed E-state index contributed by atoms with van der Waals surface area (Å²) in [7, 11) is -3.32. The third kappa shape index (κ3) is 1.87. The Balaban J connectivity index is 2.35. The summed E-state index contributed by atoms with van der Waals surface area (Å²) in [6.07, 6.45) is 2.39. The van der Waals surface area contributed by atoms with E-state index in [1.165, 1.54) is 5.56 Å². The van der Waals surface area contributed by atoms with E-state index in [4.69, 9.17) is 10.7 Å². The van der Waals surface area contributed by atoms with Crippen LogP contribution in [0, 0.1) is 0 Å². The van der Waals surface area contributed by atoms with E-state index < -0.39 is 25.4 Å². The van der Waals surface area contributed by atoms with Crippen LogP contribution in [-0.4, -0.2) is 24.1 Å². The first-order valence-corrected chi connectivity index (χ1v) is 9.34. The fourth-order valence-corrected chi connectivity index (χ4v) is 6.28. The van der Waals surface area contributed by atoms with Crippen LogP contribution in [0.2, 0.25) is 0 Å². The summed E-state index contributed by atoms with van der Waals surface area (Å²) in [5.41, 5.74) is 8.73. The van der Waals surface area contributed by atoms with Gasteiger partial charge in [0, 0.05) is 11.4 Å². The second-order valence-corrected chi connectivity index (χ2v) is 9.88. The lowest BCUT2D eigenvalue weighted by Crippen LogP contribution is -2.56.